The van der Waals surface area contributed by atoms with E-state index in [1.807, 2.05) is 44.2 Å². The summed E-state index contributed by atoms with van der Waals surface area (Å²) in [6, 6.07) is 9.69. The van der Waals surface area contributed by atoms with Crippen molar-refractivity contribution >= 4 is 11.6 Å². The Kier molecular flexibility index (Phi) is 1.88. The van der Waals surface area contributed by atoms with Gasteiger partial charge in [-0.25, -0.2) is 5.43 Å². The van der Waals surface area contributed by atoms with E-state index < -0.39 is 5.41 Å². The van der Waals surface area contributed by atoms with Crippen molar-refractivity contribution in [2.45, 2.75) is 19.3 Å². The highest BCUT2D eigenvalue weighted by Gasteiger charge is 2.42. The molecule has 1 unspecified atom stereocenters. The number of hydrogen-bond donors (Lipinski definition) is 1. The van der Waals surface area contributed by atoms with Crippen LogP contribution in [0.1, 0.15) is 19.4 Å². The lowest BCUT2D eigenvalue weighted by atomic mass is 9.79. The molecular formula is C11H12N2O. The highest BCUT2D eigenvalue weighted by atomic mass is 16.2. The summed E-state index contributed by atoms with van der Waals surface area (Å²) in [4.78, 5) is 11.7. The molecular weight excluding hydrogens is 176 g/mol. The second kappa shape index (κ2) is 2.94. The van der Waals surface area contributed by atoms with Crippen LogP contribution in [0.15, 0.2) is 35.4 Å². The van der Waals surface area contributed by atoms with Crippen molar-refractivity contribution in [1.82, 2.24) is 5.43 Å². The summed E-state index contributed by atoms with van der Waals surface area (Å²) in [5.74, 6) is -0.0544. The van der Waals surface area contributed by atoms with Gasteiger partial charge in [0.15, 0.2) is 0 Å². The topological polar surface area (TPSA) is 41.5 Å². The predicted molar refractivity (Wildman–Crippen MR) is 55.0 cm³/mol. The van der Waals surface area contributed by atoms with E-state index in [0.717, 1.165) is 11.3 Å². The molecule has 0 aliphatic carbocycles. The van der Waals surface area contributed by atoms with E-state index in [1.165, 1.54) is 0 Å². The van der Waals surface area contributed by atoms with Gasteiger partial charge in [-0.1, -0.05) is 30.3 Å². The average Bonchev–Trinajstić information content (AvgIpc) is 2.49. The van der Waals surface area contributed by atoms with E-state index in [2.05, 4.69) is 10.5 Å². The molecule has 1 N–H and O–H groups in total. The van der Waals surface area contributed by atoms with Crippen LogP contribution in [0.5, 0.6) is 0 Å². The molecule has 0 bridgehead atoms. The van der Waals surface area contributed by atoms with E-state index in [0.29, 0.717) is 0 Å². The molecule has 1 aliphatic heterocycles. The SMILES string of the molecule is CC1=NNC(=O)C1(C)c1ccccc1. The first kappa shape index (κ1) is 8.94. The second-order valence-electron chi connectivity index (χ2n) is 3.63. The van der Waals surface area contributed by atoms with Crippen molar-refractivity contribution in [3.63, 3.8) is 0 Å². The lowest BCUT2D eigenvalue weighted by Crippen LogP contribution is -2.38. The van der Waals surface area contributed by atoms with Gasteiger partial charge in [-0.3, -0.25) is 4.79 Å². The van der Waals surface area contributed by atoms with Crippen LogP contribution in [0.25, 0.3) is 0 Å². The molecule has 1 aromatic rings. The Bertz CT molecular complexity index is 397. The molecule has 0 spiro atoms. The van der Waals surface area contributed by atoms with Gasteiger partial charge in [-0.05, 0) is 19.4 Å². The molecule has 0 fully saturated rings. The van der Waals surface area contributed by atoms with Crippen molar-refractivity contribution in [2.24, 2.45) is 5.10 Å². The fraction of sp³-hybridized carbons (Fsp3) is 0.273. The minimum atomic E-state index is -0.596. The Morgan fingerprint density at radius 1 is 1.29 bits per heavy atom. The second-order valence-corrected chi connectivity index (χ2v) is 3.63. The van der Waals surface area contributed by atoms with Crippen LogP contribution in [0, 0.1) is 0 Å². The smallest absolute Gasteiger partial charge is 0.256 e. The molecule has 1 amide bonds. The van der Waals surface area contributed by atoms with Crippen LogP contribution in [0.4, 0.5) is 0 Å². The van der Waals surface area contributed by atoms with E-state index >= 15 is 0 Å². The van der Waals surface area contributed by atoms with Gasteiger partial charge < -0.3 is 0 Å². The Morgan fingerprint density at radius 3 is 2.43 bits per heavy atom. The van der Waals surface area contributed by atoms with E-state index in [9.17, 15) is 4.79 Å². The zero-order valence-corrected chi connectivity index (χ0v) is 8.24. The van der Waals surface area contributed by atoms with Gasteiger partial charge in [0.25, 0.3) is 5.91 Å². The van der Waals surface area contributed by atoms with Gasteiger partial charge >= 0.3 is 0 Å². The summed E-state index contributed by atoms with van der Waals surface area (Å²) >= 11 is 0. The Balaban J connectivity index is 2.52. The molecule has 1 aliphatic rings. The molecule has 0 aromatic heterocycles. The van der Waals surface area contributed by atoms with Crippen LogP contribution in [0.3, 0.4) is 0 Å². The number of benzene rings is 1. The molecule has 14 heavy (non-hydrogen) atoms. The first-order valence-electron chi connectivity index (χ1n) is 4.56. The fourth-order valence-electron chi connectivity index (χ4n) is 1.63. The van der Waals surface area contributed by atoms with E-state index in [1.54, 1.807) is 0 Å². The maximum absolute atomic E-state index is 11.7. The Morgan fingerprint density at radius 2 is 1.93 bits per heavy atom. The summed E-state index contributed by atoms with van der Waals surface area (Å²) < 4.78 is 0. The maximum atomic E-state index is 11.7. The van der Waals surface area contributed by atoms with Gasteiger partial charge in [0, 0.05) is 0 Å². The minimum Gasteiger partial charge on any atom is -0.272 e. The summed E-state index contributed by atoms with van der Waals surface area (Å²) in [6.45, 7) is 3.76. The van der Waals surface area contributed by atoms with E-state index in [4.69, 9.17) is 0 Å². The number of rotatable bonds is 1. The molecule has 2 rings (SSSR count). The highest BCUT2D eigenvalue weighted by Crippen LogP contribution is 2.28. The molecule has 72 valence electrons. The maximum Gasteiger partial charge on any atom is 0.256 e. The van der Waals surface area contributed by atoms with Crippen molar-refractivity contribution in [1.29, 1.82) is 0 Å². The third kappa shape index (κ3) is 1.05. The zero-order chi connectivity index (χ0) is 10.2. The third-order valence-corrected chi connectivity index (χ3v) is 2.85. The van der Waals surface area contributed by atoms with Crippen molar-refractivity contribution in [3.8, 4) is 0 Å². The lowest BCUT2D eigenvalue weighted by molar-refractivity contribution is -0.122. The number of nitrogens with one attached hydrogen (secondary N) is 1. The first-order valence-corrected chi connectivity index (χ1v) is 4.56. The molecule has 1 aromatic carbocycles. The summed E-state index contributed by atoms with van der Waals surface area (Å²) in [6.07, 6.45) is 0. The first-order chi connectivity index (χ1) is 6.65. The normalized spacial score (nSPS) is 25.9. The quantitative estimate of drug-likeness (QED) is 0.712. The van der Waals surface area contributed by atoms with Gasteiger partial charge in [0.2, 0.25) is 0 Å². The number of carbonyl (C=O) groups is 1. The van der Waals surface area contributed by atoms with Gasteiger partial charge in [-0.2, -0.15) is 5.10 Å². The minimum absolute atomic E-state index is 0.0544. The Hall–Kier alpha value is -1.64. The zero-order valence-electron chi connectivity index (χ0n) is 8.24. The molecule has 1 atom stereocenters. The summed E-state index contributed by atoms with van der Waals surface area (Å²) in [5, 5.41) is 3.96. The molecule has 3 nitrogen and oxygen atoms in total. The van der Waals surface area contributed by atoms with E-state index in [-0.39, 0.29) is 5.91 Å². The van der Waals surface area contributed by atoms with Crippen molar-refractivity contribution < 1.29 is 4.79 Å². The number of carbonyl (C=O) groups excluding carboxylic acids is 1. The molecule has 0 radical (unpaired) electrons. The van der Waals surface area contributed by atoms with Crippen LogP contribution in [0.2, 0.25) is 0 Å². The van der Waals surface area contributed by atoms with Crippen molar-refractivity contribution in [2.75, 3.05) is 0 Å². The van der Waals surface area contributed by atoms with Crippen LogP contribution in [-0.2, 0) is 10.2 Å². The molecule has 3 heteroatoms. The predicted octanol–water partition coefficient (Wildman–Crippen LogP) is 1.45. The number of amides is 1. The number of hydrogen-bond acceptors (Lipinski definition) is 2. The summed E-state index contributed by atoms with van der Waals surface area (Å²) in [5.41, 5.74) is 3.71. The lowest BCUT2D eigenvalue weighted by Gasteiger charge is -2.21. The Labute approximate surface area is 82.8 Å². The standard InChI is InChI=1S/C11H12N2O/c1-8-11(2,10(14)13-12-8)9-6-4-3-5-7-9/h3-7H,1-2H3,(H,13,14). The molecule has 0 saturated carbocycles. The fourth-order valence-corrected chi connectivity index (χ4v) is 1.63. The number of nitrogens with zero attached hydrogens (tertiary/aromatic N) is 1. The average molecular weight is 188 g/mol. The summed E-state index contributed by atoms with van der Waals surface area (Å²) in [7, 11) is 0. The number of hydrazone groups is 1. The molecule has 0 saturated heterocycles. The van der Waals surface area contributed by atoms with Gasteiger partial charge in [0.1, 0.15) is 5.41 Å². The molecule has 1 heterocycles. The van der Waals surface area contributed by atoms with Crippen LogP contribution in [-0.4, -0.2) is 11.6 Å². The highest BCUT2D eigenvalue weighted by molar-refractivity contribution is 6.16. The van der Waals surface area contributed by atoms with Gasteiger partial charge in [-0.15, -0.1) is 0 Å². The monoisotopic (exact) mass is 188 g/mol. The van der Waals surface area contributed by atoms with Crippen LogP contribution < -0.4 is 5.43 Å². The largest absolute Gasteiger partial charge is 0.272 e. The third-order valence-electron chi connectivity index (χ3n) is 2.85. The van der Waals surface area contributed by atoms with Crippen LogP contribution >= 0.6 is 0 Å². The van der Waals surface area contributed by atoms with Gasteiger partial charge in [0.05, 0.1) is 5.71 Å². The van der Waals surface area contributed by atoms with Crippen molar-refractivity contribution in [3.05, 3.63) is 35.9 Å².